The minimum absolute atomic E-state index is 0. The zero-order valence-electron chi connectivity index (χ0n) is 45.7. The molecule has 487 valence electrons. The Hall–Kier alpha value is -4.21. The summed E-state index contributed by atoms with van der Waals surface area (Å²) < 4.78 is 0. The Morgan fingerprint density at radius 2 is 0.524 bits per heavy atom. The average Bonchev–Trinajstić information content (AvgIpc) is 3.44. The molecular weight excluding hydrogens is 1280 g/mol. The summed E-state index contributed by atoms with van der Waals surface area (Å²) in [6, 6.07) is 0. The number of hydrogen-bond donors (Lipinski definition) is 20. The van der Waals surface area contributed by atoms with Crippen LogP contribution in [0.3, 0.4) is 0 Å². The van der Waals surface area contributed by atoms with Crippen molar-refractivity contribution in [2.75, 3.05) is 138 Å². The van der Waals surface area contributed by atoms with E-state index in [1.165, 1.54) is 0 Å². The van der Waals surface area contributed by atoms with Crippen LogP contribution in [0.25, 0.3) is 0 Å². The van der Waals surface area contributed by atoms with Gasteiger partial charge in [0.05, 0.1) is 55.4 Å². The third kappa shape index (κ3) is 33.1. The van der Waals surface area contributed by atoms with E-state index in [0.29, 0.717) is 0 Å². The van der Waals surface area contributed by atoms with Gasteiger partial charge in [-0.05, 0) is 25.7 Å². The summed E-state index contributed by atoms with van der Waals surface area (Å²) in [4.78, 5) is 118. The van der Waals surface area contributed by atoms with Crippen LogP contribution in [0, 0.1) is 39.9 Å². The maximum absolute atomic E-state index is 13.8. The van der Waals surface area contributed by atoms with Gasteiger partial charge in [-0.3, -0.25) is 43.5 Å². The Kier molecular flexibility index (Phi) is 44.0. The molecule has 1 radical (unpaired) electrons. The number of amides is 6. The molecule has 0 rings (SSSR count). The molecule has 0 aliphatic heterocycles. The molecule has 6 amide bonds. The molecule has 0 aromatic carbocycles. The zero-order valence-corrected chi connectivity index (χ0v) is 48.0. The summed E-state index contributed by atoms with van der Waals surface area (Å²) in [7, 11) is 0. The molecule has 0 aliphatic carbocycles. The van der Waals surface area contributed by atoms with Crippen LogP contribution in [0.5, 0.6) is 0 Å². The van der Waals surface area contributed by atoms with Gasteiger partial charge >= 0.3 is 39.9 Å². The van der Waals surface area contributed by atoms with Crippen molar-refractivity contribution >= 4 is 53.4 Å². The number of carbonyl (C=O) groups excluding carboxylic acids is 9. The molecule has 0 saturated carbocycles. The number of aliphatic hydroxyl groups is 16. The molecule has 0 heterocycles. The summed E-state index contributed by atoms with van der Waals surface area (Å²) in [6.07, 6.45) is -25.9. The molecule has 0 aromatic heterocycles. The number of nitrogens with one attached hydrogen (secondary N) is 4. The fraction of sp³-hybridized carbons (Fsp3) is 0.804. The summed E-state index contributed by atoms with van der Waals surface area (Å²) in [5.74, 6) is -12.2. The van der Waals surface area contributed by atoms with Crippen molar-refractivity contribution in [1.29, 1.82) is 0 Å². The minimum Gasteiger partial charge on any atom is -0.549 e. The van der Waals surface area contributed by atoms with Crippen LogP contribution in [-0.2, 0) is 43.2 Å². The van der Waals surface area contributed by atoms with Crippen molar-refractivity contribution in [3.05, 3.63) is 0 Å². The van der Waals surface area contributed by atoms with Crippen LogP contribution in [0.15, 0.2) is 0 Å². The maximum atomic E-state index is 13.8. The van der Waals surface area contributed by atoms with Gasteiger partial charge in [0.2, 0.25) is 11.8 Å². The fourth-order valence-electron chi connectivity index (χ4n) is 7.47. The Labute approximate surface area is 513 Å². The number of rotatable bonds is 48. The summed E-state index contributed by atoms with van der Waals surface area (Å²) in [6.45, 7) is -13.1. The number of hydrogen-bond acceptors (Lipinski definition) is 31. The van der Waals surface area contributed by atoms with Crippen LogP contribution in [0.2, 0.25) is 0 Å². The van der Waals surface area contributed by atoms with Crippen molar-refractivity contribution in [3.63, 3.8) is 0 Å². The van der Waals surface area contributed by atoms with E-state index in [1.54, 1.807) is 0 Å². The second-order valence-corrected chi connectivity index (χ2v) is 18.8. The van der Waals surface area contributed by atoms with Crippen molar-refractivity contribution in [2.24, 2.45) is 0 Å². The number of nitrogens with zero attached hydrogens (tertiary/aromatic N) is 5. The summed E-state index contributed by atoms with van der Waals surface area (Å²) in [5, 5.41) is 201. The van der Waals surface area contributed by atoms with Gasteiger partial charge in [-0.2, -0.15) is 0 Å². The van der Waals surface area contributed by atoms with Crippen LogP contribution in [-0.4, -0.2) is 370 Å². The first-order chi connectivity index (χ1) is 39.0. The molecule has 0 spiro atoms. The molecule has 0 aromatic rings. The minimum atomic E-state index is -2.24. The first-order valence-electron chi connectivity index (χ1n) is 26.0. The topological polar surface area (TPSA) is 611 Å². The van der Waals surface area contributed by atoms with Crippen molar-refractivity contribution in [3.8, 4) is 0 Å². The second kappa shape index (κ2) is 45.1. The van der Waals surface area contributed by atoms with Gasteiger partial charge in [0.1, 0.15) is 24.4 Å². The van der Waals surface area contributed by atoms with E-state index in [2.05, 4.69) is 21.3 Å². The zero-order chi connectivity index (χ0) is 63.5. The van der Waals surface area contributed by atoms with Gasteiger partial charge in [0, 0.05) is 125 Å². The molecule has 37 nitrogen and oxygen atoms in total. The van der Waals surface area contributed by atoms with E-state index in [9.17, 15) is 120 Å². The number of carboxylic acids is 3. The van der Waals surface area contributed by atoms with Gasteiger partial charge in [-0.1, -0.05) is 0 Å². The van der Waals surface area contributed by atoms with Gasteiger partial charge < -0.3 is 142 Å². The third-order valence-electron chi connectivity index (χ3n) is 12.3. The fourth-order valence-corrected chi connectivity index (χ4v) is 7.47. The van der Waals surface area contributed by atoms with Gasteiger partial charge in [-0.15, -0.1) is 0 Å². The van der Waals surface area contributed by atoms with Crippen molar-refractivity contribution in [1.82, 2.24) is 45.8 Å². The predicted octanol–water partition coefficient (Wildman–Crippen LogP) is -18.9. The Bertz CT molecular complexity index is 1770. The van der Waals surface area contributed by atoms with Crippen LogP contribution >= 0.6 is 0 Å². The van der Waals surface area contributed by atoms with Crippen LogP contribution in [0.1, 0.15) is 25.7 Å². The molecule has 38 heteroatoms. The van der Waals surface area contributed by atoms with Crippen molar-refractivity contribution in [2.45, 2.75) is 98.9 Å². The number of carbonyl (C=O) groups is 9. The predicted molar refractivity (Wildman–Crippen MR) is 268 cm³/mol. The van der Waals surface area contributed by atoms with E-state index in [1.807, 2.05) is 0 Å². The Morgan fingerprint density at radius 1 is 0.321 bits per heavy atom. The monoisotopic (exact) mass is 1370 g/mol. The third-order valence-corrected chi connectivity index (χ3v) is 12.3. The second-order valence-electron chi connectivity index (χ2n) is 18.8. The smallest absolute Gasteiger partial charge is 0.549 e. The molecule has 84 heavy (non-hydrogen) atoms. The first kappa shape index (κ1) is 81.9. The van der Waals surface area contributed by atoms with E-state index in [0.717, 1.165) is 24.5 Å². The summed E-state index contributed by atoms with van der Waals surface area (Å²) in [5.41, 5.74) is 0. The largest absolute Gasteiger partial charge is 3.00 e. The SMILES string of the molecule is O=C([O-])CN(CCN(CC(=O)[O-])CC(=O)N(CCNC(=O)[C@@H](O)[C@H](O)[C@H](O)CCO)CCNC(=O)[C@@H](O)[C@H](O)[C@H](O)CCO)CCN(CC(=O)[O-])CC(=O)N(CCNC(=O)[C@@H](O)[C@H](O)[C@H](O)CCO)CCNC(=O)[C@@H](O)[C@H](O)[C@H](O)CCO.[Gd+3]. The normalized spacial score (nSPS) is 15.8. The maximum Gasteiger partial charge on any atom is 3.00 e. The molecule has 0 unspecified atom stereocenters. The molecule has 0 saturated heterocycles. The van der Waals surface area contributed by atoms with Crippen molar-refractivity contribution < 1.29 is 180 Å². The standard InChI is InChI=1S/C46H85N9O28.Gd/c56-17-1-26(60)35(72)39(76)43(80)47-5-9-54(10-6-48-44(81)40(77)36(73)27(61)2-18-57)30(64)21-52(24-33(68)69)15-13-51(23-32(66)67)14-16-53(25-34(70)71)22-31(65)55(11-7-49-45(82)41(78)37(74)28(62)3-19-58)12-8-50-46(83)42(79)38(75)29(63)4-20-59;/h26-29,35-42,56-63,72-79H,1-25H2,(H,47,80)(H,48,81)(H,49,82)(H,50,83)(H,66,67)(H,68,69)(H,70,71);/q;+3/p-3/t26-,27-,28-,29-,35-,36-,37-,38-,39+,40+,41+,42+;/m1./s1. The molecule has 0 aliphatic rings. The van der Waals surface area contributed by atoms with Crippen LogP contribution in [0.4, 0.5) is 0 Å². The van der Waals surface area contributed by atoms with E-state index < -0.39 is 290 Å². The quantitative estimate of drug-likeness (QED) is 0.0269. The molecular formula is C46H82GdN9O28. The first-order valence-corrected chi connectivity index (χ1v) is 26.0. The molecule has 0 fully saturated rings. The van der Waals surface area contributed by atoms with Crippen LogP contribution < -0.4 is 36.6 Å². The van der Waals surface area contributed by atoms with E-state index in [-0.39, 0.29) is 39.9 Å². The van der Waals surface area contributed by atoms with Gasteiger partial charge in [0.25, 0.3) is 23.6 Å². The number of aliphatic hydroxyl groups excluding tert-OH is 16. The summed E-state index contributed by atoms with van der Waals surface area (Å²) >= 11 is 0. The molecule has 12 atom stereocenters. The van der Waals surface area contributed by atoms with Gasteiger partial charge in [-0.25, -0.2) is 0 Å². The average molecular weight is 1370 g/mol. The van der Waals surface area contributed by atoms with Gasteiger partial charge in [0.15, 0.2) is 24.4 Å². The van der Waals surface area contributed by atoms with E-state index in [4.69, 9.17) is 20.4 Å². The van der Waals surface area contributed by atoms with E-state index >= 15 is 0 Å². The number of carboxylic acid groups (broad SMARTS) is 3. The Balaban J connectivity index is 0. The molecule has 20 N–H and O–H groups in total. The Morgan fingerprint density at radius 3 is 0.726 bits per heavy atom. The number of aliphatic carboxylic acids is 3. The molecule has 0 bridgehead atoms.